The van der Waals surface area contributed by atoms with Crippen molar-refractivity contribution in [2.24, 2.45) is 0 Å². The molecule has 1 N–H and O–H groups in total. The number of carbonyl (C=O) groups excluding carboxylic acids is 1. The zero-order chi connectivity index (χ0) is 18.4. The second-order valence-corrected chi connectivity index (χ2v) is 6.02. The number of benzene rings is 2. The highest BCUT2D eigenvalue weighted by molar-refractivity contribution is 5.94. The minimum absolute atomic E-state index is 0.0957. The Morgan fingerprint density at radius 2 is 1.92 bits per heavy atom. The first kappa shape index (κ1) is 17.7. The molecule has 0 bridgehead atoms. The molecule has 0 fully saturated rings. The molecule has 0 radical (unpaired) electrons. The second kappa shape index (κ2) is 8.34. The standard InChI is InChI=1S/C21H23N3O2/c1-3-26-20-7-5-4-6-19(20)14-23-21(25)18-10-8-17(9-11-18)15-24-13-12-22-16(24)2/h4-13H,3,14-15H2,1-2H3,(H,23,25). The monoisotopic (exact) mass is 349 g/mol. The quantitative estimate of drug-likeness (QED) is 0.709. The van der Waals surface area contributed by atoms with E-state index in [-0.39, 0.29) is 5.91 Å². The fourth-order valence-electron chi connectivity index (χ4n) is 2.75. The molecule has 0 atom stereocenters. The average Bonchev–Trinajstić information content (AvgIpc) is 3.06. The molecule has 1 aromatic heterocycles. The SMILES string of the molecule is CCOc1ccccc1CNC(=O)c1ccc(Cn2ccnc2C)cc1. The Kier molecular flexibility index (Phi) is 5.69. The van der Waals surface area contributed by atoms with E-state index in [1.807, 2.05) is 68.6 Å². The second-order valence-electron chi connectivity index (χ2n) is 6.02. The molecule has 1 heterocycles. The molecule has 5 heteroatoms. The van der Waals surface area contributed by atoms with Crippen LogP contribution in [0.5, 0.6) is 5.75 Å². The predicted molar refractivity (Wildman–Crippen MR) is 101 cm³/mol. The maximum atomic E-state index is 12.4. The maximum absolute atomic E-state index is 12.4. The van der Waals surface area contributed by atoms with E-state index in [4.69, 9.17) is 4.74 Å². The van der Waals surface area contributed by atoms with Crippen molar-refractivity contribution >= 4 is 5.91 Å². The Hall–Kier alpha value is -3.08. The van der Waals surface area contributed by atoms with Gasteiger partial charge in [0.15, 0.2) is 0 Å². The molecule has 0 aliphatic heterocycles. The number of aryl methyl sites for hydroxylation is 1. The van der Waals surface area contributed by atoms with E-state index in [1.54, 1.807) is 6.20 Å². The molecule has 0 saturated heterocycles. The number of hydrogen-bond donors (Lipinski definition) is 1. The topological polar surface area (TPSA) is 56.1 Å². The number of nitrogens with one attached hydrogen (secondary N) is 1. The van der Waals surface area contributed by atoms with Gasteiger partial charge in [0.1, 0.15) is 11.6 Å². The number of hydrogen-bond acceptors (Lipinski definition) is 3. The molecule has 0 unspecified atom stereocenters. The van der Waals surface area contributed by atoms with Crippen LogP contribution >= 0.6 is 0 Å². The van der Waals surface area contributed by atoms with Crippen molar-refractivity contribution in [3.05, 3.63) is 83.4 Å². The summed E-state index contributed by atoms with van der Waals surface area (Å²) in [6.07, 6.45) is 3.74. The number of imidazole rings is 1. The molecule has 0 saturated carbocycles. The smallest absolute Gasteiger partial charge is 0.251 e. The van der Waals surface area contributed by atoms with Crippen LogP contribution in [0.2, 0.25) is 0 Å². The Labute approximate surface area is 153 Å². The minimum atomic E-state index is -0.0957. The number of aromatic nitrogens is 2. The summed E-state index contributed by atoms with van der Waals surface area (Å²) in [7, 11) is 0. The number of rotatable bonds is 7. The Morgan fingerprint density at radius 1 is 1.15 bits per heavy atom. The zero-order valence-electron chi connectivity index (χ0n) is 15.1. The molecule has 3 aromatic rings. The molecule has 1 amide bonds. The van der Waals surface area contributed by atoms with Gasteiger partial charge in [0.25, 0.3) is 5.91 Å². The molecular formula is C21H23N3O2. The van der Waals surface area contributed by atoms with E-state index < -0.39 is 0 Å². The van der Waals surface area contributed by atoms with Crippen molar-refractivity contribution in [2.45, 2.75) is 26.9 Å². The highest BCUT2D eigenvalue weighted by Crippen LogP contribution is 2.17. The molecule has 0 spiro atoms. The van der Waals surface area contributed by atoms with Gasteiger partial charge in [0.05, 0.1) is 6.61 Å². The third kappa shape index (κ3) is 4.30. The highest BCUT2D eigenvalue weighted by atomic mass is 16.5. The van der Waals surface area contributed by atoms with Crippen molar-refractivity contribution in [2.75, 3.05) is 6.61 Å². The summed E-state index contributed by atoms with van der Waals surface area (Å²) < 4.78 is 7.66. The van der Waals surface area contributed by atoms with Crippen LogP contribution < -0.4 is 10.1 Å². The first-order chi connectivity index (χ1) is 12.7. The van der Waals surface area contributed by atoms with E-state index in [1.165, 1.54) is 0 Å². The lowest BCUT2D eigenvalue weighted by molar-refractivity contribution is 0.0950. The third-order valence-corrected chi connectivity index (χ3v) is 4.20. The summed E-state index contributed by atoms with van der Waals surface area (Å²) >= 11 is 0. The Morgan fingerprint density at radius 3 is 2.62 bits per heavy atom. The number of amides is 1. The lowest BCUT2D eigenvalue weighted by atomic mass is 10.1. The van der Waals surface area contributed by atoms with Gasteiger partial charge in [0, 0.05) is 36.6 Å². The zero-order valence-corrected chi connectivity index (χ0v) is 15.1. The van der Waals surface area contributed by atoms with Crippen LogP contribution in [0.1, 0.15) is 34.2 Å². The third-order valence-electron chi connectivity index (χ3n) is 4.20. The molecule has 0 aliphatic carbocycles. The summed E-state index contributed by atoms with van der Waals surface area (Å²) in [4.78, 5) is 16.6. The van der Waals surface area contributed by atoms with Gasteiger partial charge in [-0.25, -0.2) is 4.98 Å². The normalized spacial score (nSPS) is 10.5. The van der Waals surface area contributed by atoms with E-state index in [2.05, 4.69) is 14.9 Å². The van der Waals surface area contributed by atoms with E-state index in [0.717, 1.165) is 29.2 Å². The van der Waals surface area contributed by atoms with Crippen LogP contribution in [-0.4, -0.2) is 22.1 Å². The van der Waals surface area contributed by atoms with Gasteiger partial charge in [0.2, 0.25) is 0 Å². The summed E-state index contributed by atoms with van der Waals surface area (Å²) in [6, 6.07) is 15.4. The molecule has 26 heavy (non-hydrogen) atoms. The molecule has 5 nitrogen and oxygen atoms in total. The number of ether oxygens (including phenoxy) is 1. The van der Waals surface area contributed by atoms with Gasteiger partial charge >= 0.3 is 0 Å². The Balaban J connectivity index is 1.61. The van der Waals surface area contributed by atoms with Crippen molar-refractivity contribution in [3.8, 4) is 5.75 Å². The van der Waals surface area contributed by atoms with Crippen molar-refractivity contribution in [1.82, 2.24) is 14.9 Å². The van der Waals surface area contributed by atoms with Crippen molar-refractivity contribution in [1.29, 1.82) is 0 Å². The van der Waals surface area contributed by atoms with Crippen LogP contribution in [0.4, 0.5) is 0 Å². The molecule has 0 aliphatic rings. The molecule has 3 rings (SSSR count). The number of para-hydroxylation sites is 1. The largest absolute Gasteiger partial charge is 0.494 e. The van der Waals surface area contributed by atoms with Crippen LogP contribution in [0.15, 0.2) is 60.9 Å². The van der Waals surface area contributed by atoms with E-state index in [0.29, 0.717) is 18.7 Å². The van der Waals surface area contributed by atoms with E-state index >= 15 is 0 Å². The lowest BCUT2D eigenvalue weighted by Crippen LogP contribution is -2.23. The van der Waals surface area contributed by atoms with Crippen LogP contribution in [0.3, 0.4) is 0 Å². The van der Waals surface area contributed by atoms with Gasteiger partial charge in [-0.2, -0.15) is 0 Å². The first-order valence-electron chi connectivity index (χ1n) is 8.73. The summed E-state index contributed by atoms with van der Waals surface area (Å²) in [5.41, 5.74) is 2.74. The molecule has 134 valence electrons. The molecule has 2 aromatic carbocycles. The number of nitrogens with zero attached hydrogens (tertiary/aromatic N) is 2. The fraction of sp³-hybridized carbons (Fsp3) is 0.238. The lowest BCUT2D eigenvalue weighted by Gasteiger charge is -2.11. The van der Waals surface area contributed by atoms with E-state index in [9.17, 15) is 4.79 Å². The van der Waals surface area contributed by atoms with Crippen LogP contribution in [0.25, 0.3) is 0 Å². The maximum Gasteiger partial charge on any atom is 0.251 e. The molecular weight excluding hydrogens is 326 g/mol. The van der Waals surface area contributed by atoms with Gasteiger partial charge in [-0.1, -0.05) is 30.3 Å². The van der Waals surface area contributed by atoms with Crippen molar-refractivity contribution in [3.63, 3.8) is 0 Å². The fourth-order valence-corrected chi connectivity index (χ4v) is 2.75. The van der Waals surface area contributed by atoms with Crippen LogP contribution in [-0.2, 0) is 13.1 Å². The van der Waals surface area contributed by atoms with Gasteiger partial charge in [-0.05, 0) is 37.6 Å². The summed E-state index contributed by atoms with van der Waals surface area (Å²) in [5.74, 6) is 1.68. The predicted octanol–water partition coefficient (Wildman–Crippen LogP) is 3.57. The average molecular weight is 349 g/mol. The highest BCUT2D eigenvalue weighted by Gasteiger charge is 2.08. The Bertz CT molecular complexity index is 869. The number of carbonyl (C=O) groups is 1. The van der Waals surface area contributed by atoms with Crippen LogP contribution in [0, 0.1) is 6.92 Å². The summed E-state index contributed by atoms with van der Waals surface area (Å²) in [5, 5.41) is 2.95. The first-order valence-corrected chi connectivity index (χ1v) is 8.73. The summed E-state index contributed by atoms with van der Waals surface area (Å²) in [6.45, 7) is 5.70. The van der Waals surface area contributed by atoms with Crippen molar-refractivity contribution < 1.29 is 9.53 Å². The van der Waals surface area contributed by atoms with Gasteiger partial charge in [-0.3, -0.25) is 4.79 Å². The van der Waals surface area contributed by atoms with Gasteiger partial charge in [-0.15, -0.1) is 0 Å². The minimum Gasteiger partial charge on any atom is -0.494 e. The van der Waals surface area contributed by atoms with Gasteiger partial charge < -0.3 is 14.6 Å².